The molecule has 0 bridgehead atoms. The first kappa shape index (κ1) is 8.41. The number of nitrogens with zero attached hydrogens (tertiary/aromatic N) is 2. The number of alkyl halides is 1. The molecule has 70 valence electrons. The fourth-order valence-corrected chi connectivity index (χ4v) is 1.68. The van der Waals surface area contributed by atoms with Crippen molar-refractivity contribution in [1.29, 1.82) is 0 Å². The Morgan fingerprint density at radius 1 is 1.62 bits per heavy atom. The fraction of sp³-hybridized carbons (Fsp3) is 0.556. The molecule has 3 nitrogen and oxygen atoms in total. The van der Waals surface area contributed by atoms with E-state index in [1.165, 1.54) is 6.39 Å². The third kappa shape index (κ3) is 1.61. The molecule has 0 saturated heterocycles. The zero-order valence-corrected chi connectivity index (χ0v) is 7.24. The molecule has 0 aromatic carbocycles. The van der Waals surface area contributed by atoms with Gasteiger partial charge in [-0.1, -0.05) is 12.2 Å². The predicted octanol–water partition coefficient (Wildman–Crippen LogP) is 2.23. The van der Waals surface area contributed by atoms with Crippen molar-refractivity contribution in [1.82, 2.24) is 10.2 Å². The van der Waals surface area contributed by atoms with E-state index in [4.69, 9.17) is 4.42 Å². The summed E-state index contributed by atoms with van der Waals surface area (Å²) in [6.07, 6.45) is 2.33. The second-order valence-electron chi connectivity index (χ2n) is 3.39. The van der Waals surface area contributed by atoms with E-state index in [-0.39, 0.29) is 5.92 Å². The summed E-state index contributed by atoms with van der Waals surface area (Å²) in [5.74, 6) is 0.188. The van der Waals surface area contributed by atoms with Crippen molar-refractivity contribution >= 4 is 0 Å². The highest BCUT2D eigenvalue weighted by atomic mass is 19.1. The van der Waals surface area contributed by atoms with E-state index >= 15 is 0 Å². The average Bonchev–Trinajstić information content (AvgIpc) is 2.56. The molecule has 1 aliphatic rings. The third-order valence-electron chi connectivity index (χ3n) is 2.42. The molecule has 1 aromatic heterocycles. The van der Waals surface area contributed by atoms with Gasteiger partial charge in [0.25, 0.3) is 0 Å². The van der Waals surface area contributed by atoms with Gasteiger partial charge in [0, 0.05) is 6.42 Å². The van der Waals surface area contributed by atoms with Crippen molar-refractivity contribution in [3.8, 4) is 0 Å². The van der Waals surface area contributed by atoms with E-state index in [0.717, 1.165) is 18.4 Å². The molecule has 0 spiro atoms. The van der Waals surface area contributed by atoms with Crippen molar-refractivity contribution < 1.29 is 8.81 Å². The lowest BCUT2D eigenvalue weighted by atomic mass is 9.85. The van der Waals surface area contributed by atoms with Crippen molar-refractivity contribution in [2.24, 2.45) is 0 Å². The Balaban J connectivity index is 2.12. The first-order valence-electron chi connectivity index (χ1n) is 4.34. The maximum atomic E-state index is 13.5. The number of aromatic nitrogens is 2. The molecule has 4 heteroatoms. The van der Waals surface area contributed by atoms with E-state index in [2.05, 4.69) is 16.8 Å². The highest BCUT2D eigenvalue weighted by molar-refractivity contribution is 5.08. The van der Waals surface area contributed by atoms with E-state index in [1.54, 1.807) is 0 Å². The maximum Gasteiger partial charge on any atom is 0.222 e. The summed E-state index contributed by atoms with van der Waals surface area (Å²) < 4.78 is 18.5. The minimum atomic E-state index is -0.915. The highest BCUT2D eigenvalue weighted by Crippen LogP contribution is 2.35. The highest BCUT2D eigenvalue weighted by Gasteiger charge is 2.31. The second-order valence-corrected chi connectivity index (χ2v) is 3.39. The Kier molecular flexibility index (Phi) is 2.12. The maximum absolute atomic E-state index is 13.5. The van der Waals surface area contributed by atoms with Crippen LogP contribution in [0.15, 0.2) is 23.0 Å². The summed E-state index contributed by atoms with van der Waals surface area (Å²) in [6, 6.07) is 0. The van der Waals surface area contributed by atoms with Gasteiger partial charge in [-0.3, -0.25) is 0 Å². The molecular formula is C9H11FN2O. The molecular weight excluding hydrogens is 171 g/mol. The Morgan fingerprint density at radius 2 is 2.46 bits per heavy atom. The van der Waals surface area contributed by atoms with Crippen LogP contribution in [0.1, 0.15) is 31.1 Å². The summed E-state index contributed by atoms with van der Waals surface area (Å²) >= 11 is 0. The van der Waals surface area contributed by atoms with Crippen molar-refractivity contribution in [3.05, 3.63) is 24.4 Å². The molecule has 1 aliphatic carbocycles. The van der Waals surface area contributed by atoms with Gasteiger partial charge in [-0.05, 0) is 12.8 Å². The van der Waals surface area contributed by atoms with Crippen LogP contribution in [0, 0.1) is 0 Å². The number of halogens is 1. The number of hydrogen-bond acceptors (Lipinski definition) is 3. The zero-order valence-electron chi connectivity index (χ0n) is 7.24. The predicted molar refractivity (Wildman–Crippen MR) is 44.9 cm³/mol. The lowest BCUT2D eigenvalue weighted by molar-refractivity contribution is 0.220. The van der Waals surface area contributed by atoms with Crippen LogP contribution in [0.25, 0.3) is 0 Å². The van der Waals surface area contributed by atoms with Gasteiger partial charge in [-0.25, -0.2) is 4.39 Å². The van der Waals surface area contributed by atoms with Gasteiger partial charge in [-0.2, -0.15) is 0 Å². The van der Waals surface area contributed by atoms with Crippen LogP contribution in [0.5, 0.6) is 0 Å². The zero-order chi connectivity index (χ0) is 9.26. The van der Waals surface area contributed by atoms with Crippen LogP contribution in [0.4, 0.5) is 4.39 Å². The summed E-state index contributed by atoms with van der Waals surface area (Å²) in [5, 5.41) is 7.27. The number of rotatable bonds is 1. The molecule has 0 aliphatic heterocycles. The van der Waals surface area contributed by atoms with Gasteiger partial charge >= 0.3 is 0 Å². The number of hydrogen-bond donors (Lipinski definition) is 0. The smallest absolute Gasteiger partial charge is 0.222 e. The molecule has 1 aromatic rings. The lowest BCUT2D eigenvalue weighted by Crippen LogP contribution is -2.20. The van der Waals surface area contributed by atoms with E-state index < -0.39 is 6.17 Å². The summed E-state index contributed by atoms with van der Waals surface area (Å²) in [4.78, 5) is 0. The van der Waals surface area contributed by atoms with E-state index in [9.17, 15) is 4.39 Å². The molecule has 0 amide bonds. The molecule has 2 unspecified atom stereocenters. The number of allylic oxidation sites excluding steroid dienone is 1. The van der Waals surface area contributed by atoms with Gasteiger partial charge in [0.2, 0.25) is 12.3 Å². The van der Waals surface area contributed by atoms with Crippen LogP contribution in [-0.4, -0.2) is 16.4 Å². The van der Waals surface area contributed by atoms with E-state index in [0.29, 0.717) is 12.3 Å². The first-order valence-corrected chi connectivity index (χ1v) is 4.34. The van der Waals surface area contributed by atoms with Crippen LogP contribution in [0.2, 0.25) is 0 Å². The third-order valence-corrected chi connectivity index (χ3v) is 2.42. The summed E-state index contributed by atoms with van der Waals surface area (Å²) in [5.41, 5.74) is 0.975. The summed E-state index contributed by atoms with van der Waals surface area (Å²) in [6.45, 7) is 3.77. The topological polar surface area (TPSA) is 38.9 Å². The fourth-order valence-electron chi connectivity index (χ4n) is 1.68. The molecule has 1 heterocycles. The van der Waals surface area contributed by atoms with Gasteiger partial charge in [-0.15, -0.1) is 10.2 Å². The van der Waals surface area contributed by atoms with Gasteiger partial charge in [0.1, 0.15) is 6.17 Å². The minimum absolute atomic E-state index is 0.229. The van der Waals surface area contributed by atoms with Crippen LogP contribution < -0.4 is 0 Å². The Morgan fingerprint density at radius 3 is 3.08 bits per heavy atom. The van der Waals surface area contributed by atoms with Crippen LogP contribution in [-0.2, 0) is 0 Å². The standard InChI is InChI=1S/C9H11FN2O/c1-6-2-3-7(8(10)4-6)9-12-11-5-13-9/h5,7-8H,1-4H2. The van der Waals surface area contributed by atoms with Gasteiger partial charge < -0.3 is 4.42 Å². The molecule has 1 fully saturated rings. The van der Waals surface area contributed by atoms with Crippen LogP contribution >= 0.6 is 0 Å². The first-order chi connectivity index (χ1) is 6.27. The van der Waals surface area contributed by atoms with E-state index in [1.807, 2.05) is 0 Å². The average molecular weight is 182 g/mol. The normalized spacial score (nSPS) is 29.2. The molecule has 2 rings (SSSR count). The van der Waals surface area contributed by atoms with Crippen molar-refractivity contribution in [2.75, 3.05) is 0 Å². The molecule has 1 saturated carbocycles. The summed E-state index contributed by atoms with van der Waals surface area (Å²) in [7, 11) is 0. The Bertz CT molecular complexity index is 297. The van der Waals surface area contributed by atoms with Crippen LogP contribution in [0.3, 0.4) is 0 Å². The van der Waals surface area contributed by atoms with Crippen molar-refractivity contribution in [2.45, 2.75) is 31.4 Å². The molecule has 0 N–H and O–H groups in total. The van der Waals surface area contributed by atoms with Crippen molar-refractivity contribution in [3.63, 3.8) is 0 Å². The SMILES string of the molecule is C=C1CCC(c2nnco2)C(F)C1. The largest absolute Gasteiger partial charge is 0.428 e. The second kappa shape index (κ2) is 3.28. The lowest BCUT2D eigenvalue weighted by Gasteiger charge is -2.24. The molecule has 13 heavy (non-hydrogen) atoms. The van der Waals surface area contributed by atoms with Gasteiger partial charge in [0.05, 0.1) is 5.92 Å². The Labute approximate surface area is 75.7 Å². The minimum Gasteiger partial charge on any atom is -0.428 e. The van der Waals surface area contributed by atoms with Gasteiger partial charge in [0.15, 0.2) is 0 Å². The monoisotopic (exact) mass is 182 g/mol. The quantitative estimate of drug-likeness (QED) is 0.625. The molecule has 0 radical (unpaired) electrons. The molecule has 2 atom stereocenters. The Hall–Kier alpha value is -1.19.